The molecular weight excluding hydrogens is 406 g/mol. The van der Waals surface area contributed by atoms with Gasteiger partial charge >= 0.3 is 0 Å². The lowest BCUT2D eigenvalue weighted by Gasteiger charge is -2.26. The van der Waals surface area contributed by atoms with Crippen molar-refractivity contribution >= 4 is 63.7 Å². The molecule has 0 spiro atoms. The van der Waals surface area contributed by atoms with Gasteiger partial charge in [0.15, 0.2) is 4.84 Å². The van der Waals surface area contributed by atoms with Gasteiger partial charge in [0.1, 0.15) is 0 Å². The van der Waals surface area contributed by atoms with Crippen molar-refractivity contribution in [1.82, 2.24) is 0 Å². The Balaban J connectivity index is 1.89. The Morgan fingerprint density at radius 1 is 1.16 bits per heavy atom. The third-order valence-electron chi connectivity index (χ3n) is 3.80. The van der Waals surface area contributed by atoms with Crippen LogP contribution in [0.5, 0.6) is 0 Å². The van der Waals surface area contributed by atoms with Crippen LogP contribution < -0.4 is 10.4 Å². The van der Waals surface area contributed by atoms with E-state index in [1.165, 1.54) is 0 Å². The molecule has 1 unspecified atom stereocenters. The molecule has 2 aromatic carbocycles. The second kappa shape index (κ2) is 8.02. The number of hydrogen-bond donors (Lipinski definition) is 1. The molecule has 3 rings (SSSR count). The van der Waals surface area contributed by atoms with Crippen LogP contribution in [-0.4, -0.2) is 17.4 Å². The Hall–Kier alpha value is -1.17. The van der Waals surface area contributed by atoms with Crippen LogP contribution in [0, 0.1) is 0 Å². The summed E-state index contributed by atoms with van der Waals surface area (Å²) in [7, 11) is 0. The molecule has 0 bridgehead atoms. The molecule has 4 nitrogen and oxygen atoms in total. The first-order chi connectivity index (χ1) is 12.0. The molecular formula is C17H14Cl4N2O2. The minimum absolute atomic E-state index is 0.124. The maximum absolute atomic E-state index is 11.7. The SMILES string of the molecule is O=C(Nc1cccc(N2OCCC2c2c(Cl)cccc2Cl)c1)C(Cl)Cl. The minimum atomic E-state index is -1.14. The van der Waals surface area contributed by atoms with E-state index < -0.39 is 10.7 Å². The number of nitrogens with zero attached hydrogens (tertiary/aromatic N) is 1. The second-order valence-corrected chi connectivity index (χ2v) is 7.35. The number of carbonyl (C=O) groups is 1. The summed E-state index contributed by atoms with van der Waals surface area (Å²) in [5.74, 6) is -0.492. The summed E-state index contributed by atoms with van der Waals surface area (Å²) in [5.41, 5.74) is 2.14. The monoisotopic (exact) mass is 418 g/mol. The maximum Gasteiger partial charge on any atom is 0.257 e. The highest BCUT2D eigenvalue weighted by Gasteiger charge is 2.31. The first-order valence-electron chi connectivity index (χ1n) is 7.52. The first kappa shape index (κ1) is 18.6. The van der Waals surface area contributed by atoms with Crippen molar-refractivity contribution in [2.24, 2.45) is 0 Å². The van der Waals surface area contributed by atoms with Crippen LogP contribution in [-0.2, 0) is 9.63 Å². The normalized spacial score (nSPS) is 17.2. The lowest BCUT2D eigenvalue weighted by molar-refractivity contribution is -0.114. The summed E-state index contributed by atoms with van der Waals surface area (Å²) < 4.78 is 0. The average molecular weight is 420 g/mol. The van der Waals surface area contributed by atoms with E-state index in [9.17, 15) is 4.79 Å². The van der Waals surface area contributed by atoms with E-state index >= 15 is 0 Å². The molecule has 1 aliphatic rings. The molecule has 1 aliphatic heterocycles. The fourth-order valence-corrected chi connectivity index (χ4v) is 3.49. The van der Waals surface area contributed by atoms with Crippen LogP contribution in [0.15, 0.2) is 42.5 Å². The topological polar surface area (TPSA) is 41.6 Å². The molecule has 8 heteroatoms. The molecule has 0 aromatic heterocycles. The Morgan fingerprint density at radius 2 is 1.84 bits per heavy atom. The Bertz CT molecular complexity index is 765. The van der Waals surface area contributed by atoms with E-state index in [0.717, 1.165) is 17.7 Å². The van der Waals surface area contributed by atoms with Gasteiger partial charge in [0.2, 0.25) is 0 Å². The quantitative estimate of drug-likeness (QED) is 0.654. The number of benzene rings is 2. The van der Waals surface area contributed by atoms with Crippen LogP contribution in [0.1, 0.15) is 18.0 Å². The number of alkyl halides is 2. The Morgan fingerprint density at radius 3 is 2.52 bits per heavy atom. The fraction of sp³-hybridized carbons (Fsp3) is 0.235. The second-order valence-electron chi connectivity index (χ2n) is 5.44. The fourth-order valence-electron chi connectivity index (χ4n) is 2.73. The van der Waals surface area contributed by atoms with Gasteiger partial charge in [-0.25, -0.2) is 5.06 Å². The van der Waals surface area contributed by atoms with Gasteiger partial charge in [-0.2, -0.15) is 0 Å². The van der Waals surface area contributed by atoms with Crippen LogP contribution in [0.4, 0.5) is 11.4 Å². The predicted octanol–water partition coefficient (Wildman–Crippen LogP) is 5.62. The molecule has 0 aliphatic carbocycles. The standard InChI is InChI=1S/C17H14Cl4N2O2/c18-12-5-2-6-13(19)15(12)14-7-8-25-23(14)11-4-1-3-10(9-11)22-17(24)16(20)21/h1-6,9,14,16H,7-8H2,(H,22,24). The highest BCUT2D eigenvalue weighted by atomic mass is 35.5. The number of halogens is 4. The third kappa shape index (κ3) is 4.15. The summed E-state index contributed by atoms with van der Waals surface area (Å²) in [5, 5.41) is 5.57. The van der Waals surface area contributed by atoms with E-state index in [2.05, 4.69) is 5.32 Å². The number of amides is 1. The number of anilines is 2. The van der Waals surface area contributed by atoms with Crippen molar-refractivity contribution in [2.45, 2.75) is 17.3 Å². The molecule has 25 heavy (non-hydrogen) atoms. The van der Waals surface area contributed by atoms with Crippen molar-refractivity contribution < 1.29 is 9.63 Å². The summed E-state index contributed by atoms with van der Waals surface area (Å²) in [6, 6.07) is 12.5. The Labute approximate surface area is 165 Å². The number of hydrogen-bond acceptors (Lipinski definition) is 3. The molecule has 1 heterocycles. The maximum atomic E-state index is 11.7. The van der Waals surface area contributed by atoms with Crippen molar-refractivity contribution in [3.63, 3.8) is 0 Å². The van der Waals surface area contributed by atoms with E-state index in [4.69, 9.17) is 51.2 Å². The zero-order valence-corrected chi connectivity index (χ0v) is 15.9. The zero-order chi connectivity index (χ0) is 18.0. The van der Waals surface area contributed by atoms with Crippen LogP contribution >= 0.6 is 46.4 Å². The molecule has 1 saturated heterocycles. The van der Waals surface area contributed by atoms with Gasteiger partial charge in [-0.15, -0.1) is 0 Å². The minimum Gasteiger partial charge on any atom is -0.324 e. The smallest absolute Gasteiger partial charge is 0.257 e. The van der Waals surface area contributed by atoms with Crippen LogP contribution in [0.2, 0.25) is 10.0 Å². The lowest BCUT2D eigenvalue weighted by atomic mass is 10.0. The zero-order valence-electron chi connectivity index (χ0n) is 12.9. The average Bonchev–Trinajstić information content (AvgIpc) is 3.04. The van der Waals surface area contributed by atoms with E-state index in [-0.39, 0.29) is 6.04 Å². The summed E-state index contributed by atoms with van der Waals surface area (Å²) in [6.45, 7) is 0.536. The molecule has 0 radical (unpaired) electrons. The highest BCUT2D eigenvalue weighted by molar-refractivity contribution is 6.54. The summed E-state index contributed by atoms with van der Waals surface area (Å²) in [6.07, 6.45) is 0.742. The van der Waals surface area contributed by atoms with E-state index in [1.807, 2.05) is 6.07 Å². The van der Waals surface area contributed by atoms with Crippen molar-refractivity contribution in [3.8, 4) is 0 Å². The molecule has 1 amide bonds. The third-order valence-corrected chi connectivity index (χ3v) is 4.86. The molecule has 0 saturated carbocycles. The van der Waals surface area contributed by atoms with Crippen molar-refractivity contribution in [3.05, 3.63) is 58.1 Å². The van der Waals surface area contributed by atoms with Gasteiger partial charge in [-0.1, -0.05) is 58.5 Å². The number of rotatable bonds is 4. The van der Waals surface area contributed by atoms with Gasteiger partial charge in [-0.3, -0.25) is 9.63 Å². The predicted molar refractivity (Wildman–Crippen MR) is 103 cm³/mol. The van der Waals surface area contributed by atoms with E-state index in [1.54, 1.807) is 41.5 Å². The van der Waals surface area contributed by atoms with Gasteiger partial charge < -0.3 is 5.32 Å². The first-order valence-corrected chi connectivity index (χ1v) is 9.15. The van der Waals surface area contributed by atoms with Gasteiger partial charge in [-0.05, 0) is 30.3 Å². The van der Waals surface area contributed by atoms with E-state index in [0.29, 0.717) is 22.3 Å². The van der Waals surface area contributed by atoms with Crippen LogP contribution in [0.3, 0.4) is 0 Å². The number of nitrogens with one attached hydrogen (secondary N) is 1. The number of hydroxylamine groups is 1. The Kier molecular flexibility index (Phi) is 5.97. The molecule has 1 N–H and O–H groups in total. The van der Waals surface area contributed by atoms with Crippen molar-refractivity contribution in [1.29, 1.82) is 0 Å². The van der Waals surface area contributed by atoms with Crippen LogP contribution in [0.25, 0.3) is 0 Å². The number of carbonyl (C=O) groups excluding carboxylic acids is 1. The largest absolute Gasteiger partial charge is 0.324 e. The van der Waals surface area contributed by atoms with Gasteiger partial charge in [0.25, 0.3) is 5.91 Å². The van der Waals surface area contributed by atoms with Crippen molar-refractivity contribution in [2.75, 3.05) is 17.0 Å². The lowest BCUT2D eigenvalue weighted by Crippen LogP contribution is -2.22. The molecule has 2 aromatic rings. The van der Waals surface area contributed by atoms with Gasteiger partial charge in [0, 0.05) is 27.7 Å². The summed E-state index contributed by atoms with van der Waals surface area (Å²) >= 11 is 23.8. The highest BCUT2D eigenvalue weighted by Crippen LogP contribution is 2.41. The van der Waals surface area contributed by atoms with Gasteiger partial charge in [0.05, 0.1) is 18.3 Å². The molecule has 1 fully saturated rings. The molecule has 132 valence electrons. The summed E-state index contributed by atoms with van der Waals surface area (Å²) in [4.78, 5) is 16.3. The molecule has 1 atom stereocenters.